The maximum absolute atomic E-state index is 12.3. The summed E-state index contributed by atoms with van der Waals surface area (Å²) in [4.78, 5) is 10.4. The zero-order chi connectivity index (χ0) is 12.8. The van der Waals surface area contributed by atoms with E-state index in [2.05, 4.69) is 0 Å². The second kappa shape index (κ2) is 7.24. The van der Waals surface area contributed by atoms with Crippen LogP contribution in [0.5, 0.6) is 0 Å². The third-order valence-electron chi connectivity index (χ3n) is 1.42. The van der Waals surface area contributed by atoms with E-state index in [0.29, 0.717) is 16.4 Å². The number of carbonyl (C=O) groups excluding carboxylic acids is 1. The average molecular weight is 274 g/mol. The Bertz CT molecular complexity index is 271. The number of hydrogen-bond donors (Lipinski definition) is 0. The molecule has 0 aromatic heterocycles. The Labute approximate surface area is 98.9 Å². The van der Waals surface area contributed by atoms with Crippen LogP contribution in [0.3, 0.4) is 0 Å². The van der Waals surface area contributed by atoms with Gasteiger partial charge in [0.2, 0.25) is 0 Å². The lowest BCUT2D eigenvalue weighted by Gasteiger charge is -2.26. The second-order valence-electron chi connectivity index (χ2n) is 2.60. The minimum absolute atomic E-state index is 0.190. The van der Waals surface area contributed by atoms with Gasteiger partial charge in [0.15, 0.2) is 0 Å². The average Bonchev–Trinajstić information content (AvgIpc) is 2.18. The molecule has 6 nitrogen and oxygen atoms in total. The summed E-state index contributed by atoms with van der Waals surface area (Å²) in [5, 5.41) is 0. The molecule has 0 saturated carbocycles. The highest BCUT2D eigenvalue weighted by atomic mass is 32.2. The van der Waals surface area contributed by atoms with Crippen LogP contribution >= 0.6 is 19.9 Å². The lowest BCUT2D eigenvalue weighted by Crippen LogP contribution is -2.21. The van der Waals surface area contributed by atoms with Gasteiger partial charge in [0.1, 0.15) is 0 Å². The zero-order valence-electron chi connectivity index (χ0n) is 9.68. The van der Waals surface area contributed by atoms with Gasteiger partial charge >= 0.3 is 13.9 Å². The highest BCUT2D eigenvalue weighted by Gasteiger charge is 2.32. The fourth-order valence-corrected chi connectivity index (χ4v) is 3.22. The van der Waals surface area contributed by atoms with Crippen LogP contribution in [0.2, 0.25) is 0 Å². The first-order valence-electron chi connectivity index (χ1n) is 4.62. The van der Waals surface area contributed by atoms with Gasteiger partial charge in [-0.1, -0.05) is 0 Å². The van der Waals surface area contributed by atoms with E-state index in [9.17, 15) is 13.8 Å². The molecule has 0 aromatic carbocycles. The molecule has 0 aliphatic heterocycles. The fraction of sp³-hybridized carbons (Fsp3) is 0.857. The molecule has 0 atom stereocenters. The molecule has 0 aliphatic carbocycles. The maximum Gasteiger partial charge on any atom is 0.418 e. The Morgan fingerprint density at radius 3 is 2.06 bits per heavy atom. The Hall–Kier alpha value is -0.140. The Morgan fingerprint density at radius 2 is 1.75 bits per heavy atom. The molecule has 0 spiro atoms. The Morgan fingerprint density at radius 1 is 1.31 bits per heavy atom. The van der Waals surface area contributed by atoms with Crippen molar-refractivity contribution < 1.29 is 22.8 Å². The van der Waals surface area contributed by atoms with E-state index in [0.717, 1.165) is 4.08 Å². The maximum atomic E-state index is 12.3. The lowest BCUT2D eigenvalue weighted by atomic mass is 10.9. The Balaban J connectivity index is 4.55. The summed E-state index contributed by atoms with van der Waals surface area (Å²) in [5.41, 5.74) is 0. The molecule has 0 unspecified atom stereocenters. The van der Waals surface area contributed by atoms with E-state index in [-0.39, 0.29) is 13.2 Å². The van der Waals surface area contributed by atoms with Crippen LogP contribution in [-0.2, 0) is 13.6 Å². The van der Waals surface area contributed by atoms with Crippen molar-refractivity contribution in [1.29, 1.82) is 0 Å². The van der Waals surface area contributed by atoms with Gasteiger partial charge in [-0.3, -0.25) is 9.05 Å². The summed E-state index contributed by atoms with van der Waals surface area (Å²) in [7, 11) is -0.855. The largest absolute Gasteiger partial charge is 0.418 e. The van der Waals surface area contributed by atoms with E-state index < -0.39 is 13.9 Å². The second-order valence-corrected chi connectivity index (χ2v) is 6.18. The van der Waals surface area contributed by atoms with Crippen LogP contribution in [0.25, 0.3) is 0 Å². The first-order valence-corrected chi connectivity index (χ1v) is 6.84. The number of carbonyl (C=O) groups is 1. The molecule has 0 N–H and O–H groups in total. The van der Waals surface area contributed by atoms with E-state index >= 15 is 0 Å². The quantitative estimate of drug-likeness (QED) is 0.308. The van der Waals surface area contributed by atoms with Crippen LogP contribution in [0.15, 0.2) is 0 Å². The molecule has 0 aromatic rings. The highest BCUT2D eigenvalue weighted by Crippen LogP contribution is 2.54. The zero-order valence-corrected chi connectivity index (χ0v) is 11.4. The van der Waals surface area contributed by atoms with Crippen molar-refractivity contribution in [1.82, 2.24) is 8.38 Å². The highest BCUT2D eigenvalue weighted by molar-refractivity contribution is 7.99. The van der Waals surface area contributed by atoms with Crippen molar-refractivity contribution in [2.45, 2.75) is 13.8 Å². The normalized spacial score (nSPS) is 11.9. The van der Waals surface area contributed by atoms with Gasteiger partial charge < -0.3 is 0 Å². The molecule has 0 rings (SSSR count). The van der Waals surface area contributed by atoms with Crippen molar-refractivity contribution in [3.63, 3.8) is 0 Å². The third-order valence-corrected chi connectivity index (χ3v) is 4.72. The van der Waals surface area contributed by atoms with Gasteiger partial charge in [-0.05, 0) is 13.8 Å². The van der Waals surface area contributed by atoms with E-state index in [1.807, 2.05) is 0 Å². The van der Waals surface area contributed by atoms with E-state index in [1.54, 1.807) is 13.8 Å². The molecule has 0 bridgehead atoms. The van der Waals surface area contributed by atoms with Gasteiger partial charge in [-0.2, -0.15) is 0 Å². The van der Waals surface area contributed by atoms with Crippen LogP contribution < -0.4 is 0 Å². The molecule has 0 fully saturated rings. The molecule has 96 valence electrons. The van der Waals surface area contributed by atoms with Crippen molar-refractivity contribution in [2.75, 3.05) is 27.3 Å². The molecule has 1 amide bonds. The molecular weight excluding hydrogens is 258 g/mol. The summed E-state index contributed by atoms with van der Waals surface area (Å²) in [6, 6.07) is 0. The molecule has 0 aliphatic rings. The number of hydrogen-bond acceptors (Lipinski definition) is 5. The standard InChI is InChI=1S/C7H16FN2O4PS/c1-5-13-15(12,14-6-2)10(4)16-9(3)7(8)11/h5-6H2,1-4H3. The molecular formula is C7H16FN2O4PS. The molecule has 0 saturated heterocycles. The number of nitrogens with zero attached hydrogens (tertiary/aromatic N) is 2. The minimum atomic E-state index is -3.47. The van der Waals surface area contributed by atoms with Gasteiger partial charge in [-0.15, -0.1) is 8.47 Å². The smallest absolute Gasteiger partial charge is 0.296 e. The lowest BCUT2D eigenvalue weighted by molar-refractivity contribution is 0.196. The first kappa shape index (κ1) is 15.9. The van der Waals surface area contributed by atoms with Crippen molar-refractivity contribution in [3.8, 4) is 0 Å². The summed E-state index contributed by atoms with van der Waals surface area (Å²) in [6.07, 6.45) is -1.64. The van der Waals surface area contributed by atoms with Crippen molar-refractivity contribution in [2.24, 2.45) is 0 Å². The number of amides is 1. The Kier molecular flexibility index (Phi) is 7.17. The van der Waals surface area contributed by atoms with Crippen LogP contribution in [0, 0.1) is 0 Å². The molecule has 0 heterocycles. The SMILES string of the molecule is CCOP(=O)(OCC)N(C)SN(C)C(=O)F. The minimum Gasteiger partial charge on any atom is -0.296 e. The van der Waals surface area contributed by atoms with Crippen molar-refractivity contribution >= 4 is 26.0 Å². The molecule has 16 heavy (non-hydrogen) atoms. The summed E-state index contributed by atoms with van der Waals surface area (Å²) >= 11 is 0.624. The van der Waals surface area contributed by atoms with Gasteiger partial charge in [0.05, 0.1) is 25.3 Å². The van der Waals surface area contributed by atoms with Crippen LogP contribution in [0.4, 0.5) is 9.18 Å². The van der Waals surface area contributed by atoms with Gasteiger partial charge in [0.25, 0.3) is 0 Å². The monoisotopic (exact) mass is 274 g/mol. The fourth-order valence-electron chi connectivity index (χ4n) is 0.780. The summed E-state index contributed by atoms with van der Waals surface area (Å²) in [6.45, 7) is 3.70. The third kappa shape index (κ3) is 4.80. The molecule has 0 radical (unpaired) electrons. The first-order chi connectivity index (χ1) is 7.37. The summed E-state index contributed by atoms with van der Waals surface area (Å²) in [5.74, 6) is 0. The number of halogens is 1. The van der Waals surface area contributed by atoms with Crippen LogP contribution in [-0.4, -0.2) is 41.9 Å². The van der Waals surface area contributed by atoms with Crippen LogP contribution in [0.1, 0.15) is 13.8 Å². The molecule has 9 heteroatoms. The van der Waals surface area contributed by atoms with E-state index in [1.165, 1.54) is 14.1 Å². The summed E-state index contributed by atoms with van der Waals surface area (Å²) < 4.78 is 36.1. The van der Waals surface area contributed by atoms with Gasteiger partial charge in [0, 0.05) is 14.1 Å². The predicted molar refractivity (Wildman–Crippen MR) is 60.5 cm³/mol. The van der Waals surface area contributed by atoms with Crippen molar-refractivity contribution in [3.05, 3.63) is 0 Å². The van der Waals surface area contributed by atoms with Gasteiger partial charge in [-0.25, -0.2) is 13.7 Å². The van der Waals surface area contributed by atoms with E-state index in [4.69, 9.17) is 9.05 Å². The predicted octanol–water partition coefficient (Wildman–Crippen LogP) is 2.68. The number of rotatable bonds is 7. The topological polar surface area (TPSA) is 59.1 Å².